The number of rotatable bonds is 3. The zero-order valence-electron chi connectivity index (χ0n) is 9.74. The zero-order valence-corrected chi connectivity index (χ0v) is 12.9. The van der Waals surface area contributed by atoms with Crippen LogP contribution in [0.15, 0.2) is 6.07 Å². The zero-order chi connectivity index (χ0) is 14.0. The normalized spacial score (nSPS) is 18.0. The molecule has 0 atom stereocenters. The summed E-state index contributed by atoms with van der Waals surface area (Å²) in [7, 11) is 0. The first-order valence-electron chi connectivity index (χ1n) is 5.53. The van der Waals surface area contributed by atoms with E-state index in [9.17, 15) is 14.7 Å². The number of carboxylic acids is 1. The quantitative estimate of drug-likeness (QED) is 0.887. The summed E-state index contributed by atoms with van der Waals surface area (Å²) >= 11 is 14.5. The first-order valence-corrected chi connectivity index (χ1v) is 8.26. The summed E-state index contributed by atoms with van der Waals surface area (Å²) in [6.45, 7) is 0. The van der Waals surface area contributed by atoms with Gasteiger partial charge in [-0.2, -0.15) is 11.8 Å². The number of carbonyl (C=O) groups is 2. The van der Waals surface area contributed by atoms with Gasteiger partial charge in [0.25, 0.3) is 5.91 Å². The Balaban J connectivity index is 2.20. The second-order valence-corrected chi connectivity index (χ2v) is 7.70. The van der Waals surface area contributed by atoms with E-state index in [0.29, 0.717) is 28.7 Å². The predicted octanol–water partition coefficient (Wildman–Crippen LogP) is 3.14. The van der Waals surface area contributed by atoms with Crippen LogP contribution < -0.4 is 5.32 Å². The molecule has 1 aromatic rings. The third kappa shape index (κ3) is 3.18. The van der Waals surface area contributed by atoms with Crippen LogP contribution in [0.3, 0.4) is 0 Å². The minimum atomic E-state index is -1.19. The fourth-order valence-electron chi connectivity index (χ4n) is 1.89. The van der Waals surface area contributed by atoms with Gasteiger partial charge in [-0.05, 0) is 30.4 Å². The molecular formula is C11H11Cl2NO3S2. The van der Waals surface area contributed by atoms with Crippen LogP contribution in [0.25, 0.3) is 0 Å². The first-order chi connectivity index (χ1) is 8.94. The van der Waals surface area contributed by atoms with Crippen molar-refractivity contribution in [3.63, 3.8) is 0 Å². The van der Waals surface area contributed by atoms with Crippen LogP contribution >= 0.6 is 46.3 Å². The topological polar surface area (TPSA) is 66.4 Å². The Morgan fingerprint density at radius 2 is 1.95 bits per heavy atom. The van der Waals surface area contributed by atoms with E-state index < -0.39 is 17.4 Å². The SMILES string of the molecule is O=C(NC1(C(=O)O)CCSCC1)c1cc(Cl)sc1Cl. The molecule has 0 aromatic carbocycles. The van der Waals surface area contributed by atoms with Gasteiger partial charge < -0.3 is 10.4 Å². The molecule has 0 spiro atoms. The Morgan fingerprint density at radius 3 is 2.42 bits per heavy atom. The van der Waals surface area contributed by atoms with Crippen LogP contribution in [-0.2, 0) is 4.79 Å². The van der Waals surface area contributed by atoms with Crippen LogP contribution in [-0.4, -0.2) is 34.0 Å². The van der Waals surface area contributed by atoms with Gasteiger partial charge in [-0.3, -0.25) is 4.79 Å². The molecule has 0 bridgehead atoms. The van der Waals surface area contributed by atoms with Gasteiger partial charge in [0.1, 0.15) is 9.88 Å². The third-order valence-corrected chi connectivity index (χ3v) is 5.48. The summed E-state index contributed by atoms with van der Waals surface area (Å²) < 4.78 is 0.673. The molecule has 2 heterocycles. The van der Waals surface area contributed by atoms with E-state index in [2.05, 4.69) is 5.32 Å². The Morgan fingerprint density at radius 1 is 1.32 bits per heavy atom. The van der Waals surface area contributed by atoms with Crippen molar-refractivity contribution in [2.24, 2.45) is 0 Å². The number of thioether (sulfide) groups is 1. The Labute approximate surface area is 128 Å². The Kier molecular flexibility index (Phi) is 4.66. The van der Waals surface area contributed by atoms with E-state index in [4.69, 9.17) is 23.2 Å². The lowest BCUT2D eigenvalue weighted by Crippen LogP contribution is -2.56. The molecule has 1 fully saturated rings. The Bertz CT molecular complexity index is 512. The number of thiophene rings is 1. The highest BCUT2D eigenvalue weighted by Crippen LogP contribution is 2.33. The Hall–Kier alpha value is -0.430. The van der Waals surface area contributed by atoms with E-state index in [-0.39, 0.29) is 9.90 Å². The molecule has 0 unspecified atom stereocenters. The second-order valence-electron chi connectivity index (χ2n) is 4.19. The maximum atomic E-state index is 12.1. The van der Waals surface area contributed by atoms with Crippen molar-refractivity contribution in [2.45, 2.75) is 18.4 Å². The van der Waals surface area contributed by atoms with Crippen molar-refractivity contribution in [3.8, 4) is 0 Å². The molecular weight excluding hydrogens is 329 g/mol. The fraction of sp³-hybridized carbons (Fsp3) is 0.455. The summed E-state index contributed by atoms with van der Waals surface area (Å²) in [5.41, 5.74) is -0.962. The van der Waals surface area contributed by atoms with Crippen molar-refractivity contribution in [3.05, 3.63) is 20.3 Å². The largest absolute Gasteiger partial charge is 0.480 e. The van der Waals surface area contributed by atoms with Crippen LogP contribution in [0.4, 0.5) is 0 Å². The smallest absolute Gasteiger partial charge is 0.329 e. The predicted molar refractivity (Wildman–Crippen MR) is 78.7 cm³/mol. The van der Waals surface area contributed by atoms with Crippen molar-refractivity contribution >= 4 is 58.2 Å². The van der Waals surface area contributed by atoms with Gasteiger partial charge >= 0.3 is 5.97 Å². The number of aliphatic carboxylic acids is 1. The fourth-order valence-corrected chi connectivity index (χ4v) is 4.54. The summed E-state index contributed by atoms with van der Waals surface area (Å²) in [6, 6.07) is 1.46. The summed E-state index contributed by atoms with van der Waals surface area (Å²) in [6.07, 6.45) is 0.822. The molecule has 2 N–H and O–H groups in total. The van der Waals surface area contributed by atoms with Crippen LogP contribution in [0.2, 0.25) is 8.67 Å². The van der Waals surface area contributed by atoms with Gasteiger partial charge in [0.2, 0.25) is 0 Å². The average molecular weight is 340 g/mol. The molecule has 0 saturated carbocycles. The number of carboxylic acid groups (broad SMARTS) is 1. The van der Waals surface area contributed by atoms with Crippen molar-refractivity contribution in [2.75, 3.05) is 11.5 Å². The van der Waals surface area contributed by atoms with Crippen molar-refractivity contribution in [1.29, 1.82) is 0 Å². The number of hydrogen-bond donors (Lipinski definition) is 2. The van der Waals surface area contributed by atoms with E-state index in [1.165, 1.54) is 6.07 Å². The maximum absolute atomic E-state index is 12.1. The molecule has 0 radical (unpaired) electrons. The third-order valence-electron chi connectivity index (χ3n) is 3.01. The van der Waals surface area contributed by atoms with E-state index in [0.717, 1.165) is 11.3 Å². The van der Waals surface area contributed by atoms with Crippen molar-refractivity contribution < 1.29 is 14.7 Å². The number of amides is 1. The average Bonchev–Trinajstić information content (AvgIpc) is 2.69. The lowest BCUT2D eigenvalue weighted by atomic mass is 9.92. The van der Waals surface area contributed by atoms with Gasteiger partial charge in [-0.15, -0.1) is 11.3 Å². The standard InChI is InChI=1S/C11H11Cl2NO3S2/c12-7-5-6(8(13)19-7)9(15)14-11(10(16)17)1-3-18-4-2-11/h5H,1-4H2,(H,14,15)(H,16,17). The number of carbonyl (C=O) groups excluding carboxylic acids is 1. The van der Waals surface area contributed by atoms with Gasteiger partial charge in [-0.1, -0.05) is 23.2 Å². The summed E-state index contributed by atoms with van der Waals surface area (Å²) in [5, 5.41) is 12.0. The minimum absolute atomic E-state index is 0.232. The minimum Gasteiger partial charge on any atom is -0.480 e. The summed E-state index contributed by atoms with van der Waals surface area (Å²) in [4.78, 5) is 23.6. The van der Waals surface area contributed by atoms with Gasteiger partial charge in [0.05, 0.1) is 9.90 Å². The maximum Gasteiger partial charge on any atom is 0.329 e. The van der Waals surface area contributed by atoms with Crippen LogP contribution in [0.1, 0.15) is 23.2 Å². The molecule has 1 saturated heterocycles. The van der Waals surface area contributed by atoms with Gasteiger partial charge in [0, 0.05) is 0 Å². The number of hydrogen-bond acceptors (Lipinski definition) is 4. The van der Waals surface area contributed by atoms with Gasteiger partial charge in [-0.25, -0.2) is 4.79 Å². The molecule has 19 heavy (non-hydrogen) atoms. The monoisotopic (exact) mass is 339 g/mol. The molecule has 104 valence electrons. The number of nitrogens with one attached hydrogen (secondary N) is 1. The molecule has 1 amide bonds. The van der Waals surface area contributed by atoms with E-state index in [1.54, 1.807) is 11.8 Å². The van der Waals surface area contributed by atoms with E-state index in [1.807, 2.05) is 0 Å². The van der Waals surface area contributed by atoms with Gasteiger partial charge in [0.15, 0.2) is 0 Å². The molecule has 1 aliphatic rings. The van der Waals surface area contributed by atoms with Crippen LogP contribution in [0.5, 0.6) is 0 Å². The van der Waals surface area contributed by atoms with Crippen molar-refractivity contribution in [1.82, 2.24) is 5.32 Å². The second kappa shape index (κ2) is 5.91. The highest BCUT2D eigenvalue weighted by atomic mass is 35.5. The molecule has 0 aliphatic carbocycles. The number of halogens is 2. The molecule has 1 aromatic heterocycles. The first kappa shape index (κ1) is 15.0. The lowest BCUT2D eigenvalue weighted by molar-refractivity contribution is -0.144. The lowest BCUT2D eigenvalue weighted by Gasteiger charge is -2.33. The molecule has 4 nitrogen and oxygen atoms in total. The molecule has 8 heteroatoms. The molecule has 2 rings (SSSR count). The summed E-state index contributed by atoms with van der Waals surface area (Å²) in [5.74, 6) is -0.0591. The van der Waals surface area contributed by atoms with E-state index >= 15 is 0 Å². The molecule has 1 aliphatic heterocycles. The van der Waals surface area contributed by atoms with Crippen LogP contribution in [0, 0.1) is 0 Å². The highest BCUT2D eigenvalue weighted by molar-refractivity contribution is 7.99. The highest BCUT2D eigenvalue weighted by Gasteiger charge is 2.41.